The number of carbonyl (C=O) groups is 1. The molecule has 0 bridgehead atoms. The van der Waals surface area contributed by atoms with Gasteiger partial charge in [-0.25, -0.2) is 13.2 Å². The second-order valence-electron chi connectivity index (χ2n) is 3.70. The molecule has 0 aliphatic rings. The second-order valence-corrected chi connectivity index (χ2v) is 4.14. The van der Waals surface area contributed by atoms with E-state index in [0.717, 1.165) is 18.2 Å². The number of hydrogen-bond donors (Lipinski definition) is 1. The van der Waals surface area contributed by atoms with E-state index in [1.165, 1.54) is 12.1 Å². The number of benzene rings is 2. The average Bonchev–Trinajstić information content (AvgIpc) is 2.33. The summed E-state index contributed by atoms with van der Waals surface area (Å²) in [5.41, 5.74) is -0.568. The number of carbonyl (C=O) groups excluding carboxylic acids is 1. The second kappa shape index (κ2) is 5.32. The van der Waals surface area contributed by atoms with Crippen LogP contribution < -0.4 is 5.32 Å². The number of nitrogens with one attached hydrogen (secondary N) is 1. The maximum atomic E-state index is 13.4. The number of hydrogen-bond acceptors (Lipinski definition) is 1. The van der Waals surface area contributed by atoms with Gasteiger partial charge in [-0.15, -0.1) is 0 Å². The molecule has 1 N–H and O–H groups in total. The quantitative estimate of drug-likeness (QED) is 0.887. The number of amides is 1. The fourth-order valence-electron chi connectivity index (χ4n) is 1.46. The zero-order chi connectivity index (χ0) is 14.0. The maximum absolute atomic E-state index is 13.4. The van der Waals surface area contributed by atoms with Crippen molar-refractivity contribution in [2.75, 3.05) is 5.32 Å². The average molecular weight is 286 g/mol. The third kappa shape index (κ3) is 3.06. The van der Waals surface area contributed by atoms with E-state index < -0.39 is 23.4 Å². The minimum Gasteiger partial charge on any atom is -0.319 e. The van der Waals surface area contributed by atoms with E-state index in [-0.39, 0.29) is 16.3 Å². The van der Waals surface area contributed by atoms with Crippen LogP contribution in [0, 0.1) is 17.5 Å². The first-order valence-electron chi connectivity index (χ1n) is 5.19. The standard InChI is InChI=1S/C13H7ClF3NO/c14-7-1-4-10(16)12(5-7)18-13(19)9-3-2-8(15)6-11(9)17/h1-6H,(H,18,19). The lowest BCUT2D eigenvalue weighted by Gasteiger charge is -2.07. The molecule has 0 aliphatic heterocycles. The summed E-state index contributed by atoms with van der Waals surface area (Å²) in [5.74, 6) is -3.43. The molecule has 0 spiro atoms. The first-order valence-corrected chi connectivity index (χ1v) is 5.56. The Morgan fingerprint density at radius 3 is 2.42 bits per heavy atom. The van der Waals surface area contributed by atoms with Gasteiger partial charge in [0.2, 0.25) is 0 Å². The minimum atomic E-state index is -1.03. The van der Waals surface area contributed by atoms with Crippen LogP contribution in [0.2, 0.25) is 5.02 Å². The molecule has 0 unspecified atom stereocenters. The summed E-state index contributed by atoms with van der Waals surface area (Å²) in [6, 6.07) is 6.05. The van der Waals surface area contributed by atoms with Crippen LogP contribution in [-0.4, -0.2) is 5.91 Å². The van der Waals surface area contributed by atoms with Gasteiger partial charge >= 0.3 is 0 Å². The zero-order valence-corrected chi connectivity index (χ0v) is 10.1. The van der Waals surface area contributed by atoms with Gasteiger partial charge in [0.05, 0.1) is 11.3 Å². The van der Waals surface area contributed by atoms with Gasteiger partial charge in [0, 0.05) is 11.1 Å². The number of anilines is 1. The summed E-state index contributed by atoms with van der Waals surface area (Å²) in [6.07, 6.45) is 0. The molecular formula is C13H7ClF3NO. The minimum absolute atomic E-state index is 0.179. The molecule has 0 saturated carbocycles. The molecule has 0 heterocycles. The SMILES string of the molecule is O=C(Nc1cc(Cl)ccc1F)c1ccc(F)cc1F. The Kier molecular flexibility index (Phi) is 3.76. The van der Waals surface area contributed by atoms with E-state index in [1.54, 1.807) is 0 Å². The highest BCUT2D eigenvalue weighted by atomic mass is 35.5. The van der Waals surface area contributed by atoms with Crippen LogP contribution in [0.15, 0.2) is 36.4 Å². The van der Waals surface area contributed by atoms with Crippen molar-refractivity contribution in [1.82, 2.24) is 0 Å². The van der Waals surface area contributed by atoms with Crippen molar-refractivity contribution in [2.24, 2.45) is 0 Å². The molecule has 0 radical (unpaired) electrons. The largest absolute Gasteiger partial charge is 0.319 e. The molecule has 0 aromatic heterocycles. The van der Waals surface area contributed by atoms with E-state index in [1.807, 2.05) is 0 Å². The highest BCUT2D eigenvalue weighted by Gasteiger charge is 2.14. The molecule has 6 heteroatoms. The lowest BCUT2D eigenvalue weighted by atomic mass is 10.2. The predicted molar refractivity (Wildman–Crippen MR) is 65.7 cm³/mol. The maximum Gasteiger partial charge on any atom is 0.258 e. The molecule has 98 valence electrons. The van der Waals surface area contributed by atoms with Crippen LogP contribution in [0.4, 0.5) is 18.9 Å². The highest BCUT2D eigenvalue weighted by Crippen LogP contribution is 2.20. The molecular weight excluding hydrogens is 279 g/mol. The Bertz CT molecular complexity index is 646. The van der Waals surface area contributed by atoms with Crippen molar-refractivity contribution >= 4 is 23.2 Å². The van der Waals surface area contributed by atoms with Crippen LogP contribution in [0.1, 0.15) is 10.4 Å². The summed E-state index contributed by atoms with van der Waals surface area (Å²) < 4.78 is 39.5. The summed E-state index contributed by atoms with van der Waals surface area (Å²) in [7, 11) is 0. The van der Waals surface area contributed by atoms with Gasteiger partial charge in [0.25, 0.3) is 5.91 Å². The third-order valence-electron chi connectivity index (χ3n) is 2.35. The van der Waals surface area contributed by atoms with Crippen molar-refractivity contribution in [3.8, 4) is 0 Å². The van der Waals surface area contributed by atoms with E-state index in [2.05, 4.69) is 5.32 Å². The Labute approximate surface area is 111 Å². The van der Waals surface area contributed by atoms with Crippen molar-refractivity contribution in [1.29, 1.82) is 0 Å². The molecule has 19 heavy (non-hydrogen) atoms. The van der Waals surface area contributed by atoms with Gasteiger partial charge in [-0.05, 0) is 30.3 Å². The molecule has 0 aliphatic carbocycles. The van der Waals surface area contributed by atoms with Gasteiger partial charge in [0.1, 0.15) is 17.5 Å². The monoisotopic (exact) mass is 285 g/mol. The van der Waals surface area contributed by atoms with Crippen molar-refractivity contribution in [2.45, 2.75) is 0 Å². The summed E-state index contributed by atoms with van der Waals surface area (Å²) in [5, 5.41) is 2.39. The van der Waals surface area contributed by atoms with E-state index >= 15 is 0 Å². The van der Waals surface area contributed by atoms with Crippen LogP contribution in [0.5, 0.6) is 0 Å². The van der Waals surface area contributed by atoms with Crippen LogP contribution in [-0.2, 0) is 0 Å². The Balaban J connectivity index is 2.28. The summed E-state index contributed by atoms with van der Waals surface area (Å²) in [6.45, 7) is 0. The Morgan fingerprint density at radius 2 is 1.74 bits per heavy atom. The third-order valence-corrected chi connectivity index (χ3v) is 2.59. The van der Waals surface area contributed by atoms with Crippen molar-refractivity contribution < 1.29 is 18.0 Å². The summed E-state index contributed by atoms with van der Waals surface area (Å²) in [4.78, 5) is 11.7. The molecule has 2 aromatic rings. The van der Waals surface area contributed by atoms with Gasteiger partial charge in [-0.2, -0.15) is 0 Å². The first-order chi connectivity index (χ1) is 8.97. The smallest absolute Gasteiger partial charge is 0.258 e. The molecule has 2 nitrogen and oxygen atoms in total. The fraction of sp³-hybridized carbons (Fsp3) is 0. The number of halogens is 4. The van der Waals surface area contributed by atoms with Crippen molar-refractivity contribution in [3.63, 3.8) is 0 Å². The zero-order valence-electron chi connectivity index (χ0n) is 9.38. The topological polar surface area (TPSA) is 29.1 Å². The Morgan fingerprint density at radius 1 is 1.00 bits per heavy atom. The van der Waals surface area contributed by atoms with Gasteiger partial charge < -0.3 is 5.32 Å². The molecule has 2 rings (SSSR count). The first kappa shape index (κ1) is 13.4. The van der Waals surface area contributed by atoms with Crippen LogP contribution in [0.3, 0.4) is 0 Å². The highest BCUT2D eigenvalue weighted by molar-refractivity contribution is 6.31. The van der Waals surface area contributed by atoms with E-state index in [0.29, 0.717) is 6.07 Å². The molecule has 0 fully saturated rings. The van der Waals surface area contributed by atoms with E-state index in [9.17, 15) is 18.0 Å². The molecule has 0 saturated heterocycles. The summed E-state index contributed by atoms with van der Waals surface area (Å²) >= 11 is 5.66. The van der Waals surface area contributed by atoms with Gasteiger partial charge in [-0.1, -0.05) is 11.6 Å². The fourth-order valence-corrected chi connectivity index (χ4v) is 1.63. The predicted octanol–water partition coefficient (Wildman–Crippen LogP) is 4.01. The van der Waals surface area contributed by atoms with E-state index in [4.69, 9.17) is 11.6 Å². The lowest BCUT2D eigenvalue weighted by Crippen LogP contribution is -2.14. The van der Waals surface area contributed by atoms with Gasteiger partial charge in [-0.3, -0.25) is 4.79 Å². The van der Waals surface area contributed by atoms with Crippen LogP contribution >= 0.6 is 11.6 Å². The number of rotatable bonds is 2. The van der Waals surface area contributed by atoms with Gasteiger partial charge in [0.15, 0.2) is 0 Å². The molecule has 0 atom stereocenters. The van der Waals surface area contributed by atoms with Crippen molar-refractivity contribution in [3.05, 3.63) is 64.4 Å². The lowest BCUT2D eigenvalue weighted by molar-refractivity contribution is 0.102. The molecule has 1 amide bonds. The normalized spacial score (nSPS) is 10.3. The van der Waals surface area contributed by atoms with Crippen LogP contribution in [0.25, 0.3) is 0 Å². The Hall–Kier alpha value is -2.01. The molecule has 2 aromatic carbocycles.